The molecule has 1 N–H and O–H groups in total. The molecule has 0 spiro atoms. The molecule has 0 bridgehead atoms. The predicted molar refractivity (Wildman–Crippen MR) is 146 cm³/mol. The molecular weight excluding hydrogens is 482 g/mol. The topological polar surface area (TPSA) is 27.6 Å². The Kier molecular flexibility index (Phi) is 6.25. The van der Waals surface area contributed by atoms with Gasteiger partial charge in [-0.3, -0.25) is 5.01 Å². The zero-order valence-electron chi connectivity index (χ0n) is 19.4. The lowest BCUT2D eigenvalue weighted by molar-refractivity contribution is 0.425. The summed E-state index contributed by atoms with van der Waals surface area (Å²) < 4.78 is 1.07. The van der Waals surface area contributed by atoms with Crippen LogP contribution in [0.3, 0.4) is 0 Å². The van der Waals surface area contributed by atoms with Gasteiger partial charge in [-0.15, -0.1) is 0 Å². The van der Waals surface area contributed by atoms with Crippen molar-refractivity contribution in [1.82, 2.24) is 0 Å². The molecule has 5 rings (SSSR count). The Bertz CT molecular complexity index is 1280. The summed E-state index contributed by atoms with van der Waals surface area (Å²) >= 11 is 3.53. The molecule has 0 amide bonds. The van der Waals surface area contributed by atoms with E-state index in [1.54, 1.807) is 0 Å². The minimum absolute atomic E-state index is 0.106. The number of hydrogen-bond donors (Lipinski definition) is 1. The SMILES string of the molecule is CC1(C)C(c2ccccc2)=NN(c2ccc(CNc3cccc(Br)c3)cc2)[C@H]1c1ccccc1. The third-order valence-corrected chi connectivity index (χ3v) is 6.92. The van der Waals surface area contributed by atoms with Crippen LogP contribution in [0.5, 0.6) is 0 Å². The highest BCUT2D eigenvalue weighted by molar-refractivity contribution is 9.10. The standard InChI is InChI=1S/C30H28BrN3/c1-30(2)28(23-10-5-3-6-11-23)33-34(29(30)24-12-7-4-8-13-24)27-18-16-22(17-19-27)21-32-26-15-9-14-25(31)20-26/h3-20,29,32H,21H2,1-2H3/t29-/m0/s1. The molecule has 0 unspecified atom stereocenters. The van der Waals surface area contributed by atoms with Crippen molar-refractivity contribution >= 4 is 33.0 Å². The maximum Gasteiger partial charge on any atom is 0.0882 e. The second-order valence-electron chi connectivity index (χ2n) is 9.22. The Morgan fingerprint density at radius 3 is 2.18 bits per heavy atom. The second-order valence-corrected chi connectivity index (χ2v) is 10.1. The van der Waals surface area contributed by atoms with Crippen LogP contribution >= 0.6 is 15.9 Å². The Morgan fingerprint density at radius 1 is 0.824 bits per heavy atom. The molecule has 4 aromatic rings. The average molecular weight is 510 g/mol. The van der Waals surface area contributed by atoms with Gasteiger partial charge < -0.3 is 5.32 Å². The highest BCUT2D eigenvalue weighted by Crippen LogP contribution is 2.48. The summed E-state index contributed by atoms with van der Waals surface area (Å²) in [6.45, 7) is 5.36. The van der Waals surface area contributed by atoms with Crippen molar-refractivity contribution < 1.29 is 0 Å². The van der Waals surface area contributed by atoms with E-state index in [0.29, 0.717) is 0 Å². The molecule has 0 aromatic heterocycles. The molecule has 0 saturated carbocycles. The van der Waals surface area contributed by atoms with Crippen molar-refractivity contribution in [2.24, 2.45) is 10.5 Å². The van der Waals surface area contributed by atoms with E-state index >= 15 is 0 Å². The third kappa shape index (κ3) is 4.51. The largest absolute Gasteiger partial charge is 0.381 e. The van der Waals surface area contributed by atoms with Crippen LogP contribution in [-0.4, -0.2) is 5.71 Å². The van der Waals surface area contributed by atoms with E-state index < -0.39 is 0 Å². The molecule has 0 aliphatic carbocycles. The molecule has 170 valence electrons. The van der Waals surface area contributed by atoms with Crippen molar-refractivity contribution in [3.63, 3.8) is 0 Å². The quantitative estimate of drug-likeness (QED) is 0.284. The highest BCUT2D eigenvalue weighted by atomic mass is 79.9. The van der Waals surface area contributed by atoms with E-state index in [1.807, 2.05) is 12.1 Å². The van der Waals surface area contributed by atoms with E-state index in [2.05, 4.69) is 137 Å². The maximum atomic E-state index is 5.20. The molecule has 34 heavy (non-hydrogen) atoms. The van der Waals surface area contributed by atoms with Crippen molar-refractivity contribution in [3.05, 3.63) is 130 Å². The zero-order valence-corrected chi connectivity index (χ0v) is 21.0. The molecule has 0 saturated heterocycles. The fourth-order valence-electron chi connectivity index (χ4n) is 4.72. The minimum atomic E-state index is -0.163. The highest BCUT2D eigenvalue weighted by Gasteiger charge is 2.45. The average Bonchev–Trinajstić information content (AvgIpc) is 3.15. The molecular formula is C30H28BrN3. The first-order chi connectivity index (χ1) is 16.5. The van der Waals surface area contributed by atoms with Crippen LogP contribution in [0.15, 0.2) is 119 Å². The fraction of sp³-hybridized carbons (Fsp3) is 0.167. The number of halogens is 1. The van der Waals surface area contributed by atoms with Crippen LogP contribution in [0.25, 0.3) is 0 Å². The Hall–Kier alpha value is -3.37. The van der Waals surface area contributed by atoms with Gasteiger partial charge in [0, 0.05) is 22.1 Å². The second kappa shape index (κ2) is 9.47. The number of anilines is 2. The summed E-state index contributed by atoms with van der Waals surface area (Å²) in [7, 11) is 0. The van der Waals surface area contributed by atoms with E-state index in [4.69, 9.17) is 5.10 Å². The van der Waals surface area contributed by atoms with Gasteiger partial charge in [-0.1, -0.05) is 109 Å². The van der Waals surface area contributed by atoms with Crippen LogP contribution in [0.2, 0.25) is 0 Å². The van der Waals surface area contributed by atoms with Crippen molar-refractivity contribution in [3.8, 4) is 0 Å². The van der Waals surface area contributed by atoms with Crippen LogP contribution in [0.4, 0.5) is 11.4 Å². The van der Waals surface area contributed by atoms with Gasteiger partial charge in [-0.25, -0.2) is 0 Å². The third-order valence-electron chi connectivity index (χ3n) is 6.43. The van der Waals surface area contributed by atoms with Crippen molar-refractivity contribution in [1.29, 1.82) is 0 Å². The Labute approximate surface area is 210 Å². The van der Waals surface area contributed by atoms with Gasteiger partial charge in [-0.2, -0.15) is 5.10 Å². The first-order valence-electron chi connectivity index (χ1n) is 11.6. The van der Waals surface area contributed by atoms with Gasteiger partial charge in [-0.05, 0) is 47.0 Å². The Balaban J connectivity index is 1.45. The molecule has 1 aliphatic rings. The first-order valence-corrected chi connectivity index (χ1v) is 12.4. The summed E-state index contributed by atoms with van der Waals surface area (Å²) in [6.07, 6.45) is 0. The van der Waals surface area contributed by atoms with Gasteiger partial charge in [0.15, 0.2) is 0 Å². The molecule has 0 fully saturated rings. The first kappa shape index (κ1) is 22.4. The summed E-state index contributed by atoms with van der Waals surface area (Å²) in [4.78, 5) is 0. The minimum Gasteiger partial charge on any atom is -0.381 e. The molecule has 0 radical (unpaired) electrons. The number of hydrogen-bond acceptors (Lipinski definition) is 3. The summed E-state index contributed by atoms with van der Waals surface area (Å²) in [6, 6.07) is 38.3. The lowest BCUT2D eigenvalue weighted by Crippen LogP contribution is -2.32. The molecule has 1 heterocycles. The maximum absolute atomic E-state index is 5.20. The normalized spacial score (nSPS) is 16.9. The number of nitrogens with one attached hydrogen (secondary N) is 1. The molecule has 3 nitrogen and oxygen atoms in total. The molecule has 4 heteroatoms. The summed E-state index contributed by atoms with van der Waals surface area (Å²) in [5, 5.41) is 10.9. The number of nitrogens with zero attached hydrogens (tertiary/aromatic N) is 2. The predicted octanol–water partition coefficient (Wildman–Crippen LogP) is 8.05. The monoisotopic (exact) mass is 509 g/mol. The molecule has 1 atom stereocenters. The van der Waals surface area contributed by atoms with Gasteiger partial charge >= 0.3 is 0 Å². The molecule has 4 aromatic carbocycles. The van der Waals surface area contributed by atoms with Gasteiger partial charge in [0.25, 0.3) is 0 Å². The summed E-state index contributed by atoms with van der Waals surface area (Å²) in [5.41, 5.74) is 6.81. The smallest absolute Gasteiger partial charge is 0.0882 e. The lowest BCUT2D eigenvalue weighted by Gasteiger charge is -2.33. The van der Waals surface area contributed by atoms with Gasteiger partial charge in [0.05, 0.1) is 17.4 Å². The van der Waals surface area contributed by atoms with Crippen molar-refractivity contribution in [2.75, 3.05) is 10.3 Å². The zero-order chi connectivity index (χ0) is 23.5. The fourth-order valence-corrected chi connectivity index (χ4v) is 5.12. The van der Waals surface area contributed by atoms with Crippen LogP contribution in [-0.2, 0) is 6.54 Å². The summed E-state index contributed by atoms with van der Waals surface area (Å²) in [5.74, 6) is 0. The van der Waals surface area contributed by atoms with E-state index in [9.17, 15) is 0 Å². The van der Waals surface area contributed by atoms with Crippen LogP contribution in [0.1, 0.15) is 36.6 Å². The van der Waals surface area contributed by atoms with E-state index in [1.165, 1.54) is 16.7 Å². The van der Waals surface area contributed by atoms with Gasteiger partial charge in [0.2, 0.25) is 0 Å². The van der Waals surface area contributed by atoms with Crippen LogP contribution in [0, 0.1) is 5.41 Å². The number of hydrazone groups is 1. The van der Waals surface area contributed by atoms with E-state index in [-0.39, 0.29) is 11.5 Å². The van der Waals surface area contributed by atoms with E-state index in [0.717, 1.165) is 28.1 Å². The lowest BCUT2D eigenvalue weighted by atomic mass is 9.75. The number of benzene rings is 4. The van der Waals surface area contributed by atoms with Crippen LogP contribution < -0.4 is 10.3 Å². The van der Waals surface area contributed by atoms with Crippen molar-refractivity contribution in [2.45, 2.75) is 26.4 Å². The Morgan fingerprint density at radius 2 is 1.50 bits per heavy atom. The molecule has 1 aliphatic heterocycles. The number of rotatable bonds is 6. The van der Waals surface area contributed by atoms with Gasteiger partial charge in [0.1, 0.15) is 0 Å².